The zero-order valence-corrected chi connectivity index (χ0v) is 37.0. The summed E-state index contributed by atoms with van der Waals surface area (Å²) >= 11 is 0. The van der Waals surface area contributed by atoms with E-state index in [0.29, 0.717) is 22.3 Å². The monoisotopic (exact) mass is 867 g/mol. The van der Waals surface area contributed by atoms with Crippen LogP contribution in [0.25, 0.3) is 6.08 Å². The first-order valence-electron chi connectivity index (χ1n) is 19.8. The minimum Gasteiger partial charge on any atom is -0.467 e. The van der Waals surface area contributed by atoms with E-state index >= 15 is 0 Å². The Hall–Kier alpha value is -6.30. The van der Waals surface area contributed by atoms with E-state index in [-0.39, 0.29) is 30.7 Å². The average molecular weight is 868 g/mol. The zero-order chi connectivity index (χ0) is 46.5. The first-order chi connectivity index (χ1) is 28.9. The Morgan fingerprint density at radius 1 is 0.871 bits per heavy atom. The van der Waals surface area contributed by atoms with Gasteiger partial charge in [0.1, 0.15) is 23.6 Å². The maximum atomic E-state index is 13.9. The standard InChI is InChI=1S/C44H57N3O15/c1-24-19-33(20-25(2)37(24)59-29(6)51)40(53)45-23-35(58-28(5)50)38(60-30(7)52)39-36(47-26(3)48)34(57-27(4)49)21-44(61-39,41(54)56-11)18-14-17-31-15-12-13-16-32(31)22-46-42(55)62-43(8,9)10/h12-17,19-20,34-36,38-39H,18,21-23H2,1-11H3,(H,45,53)(H,46,55)(H,47,48)/b17-14+/t34-,35+,36+,38+,39-,44+/m0/s1. The van der Waals surface area contributed by atoms with Gasteiger partial charge in [-0.3, -0.25) is 28.8 Å². The summed E-state index contributed by atoms with van der Waals surface area (Å²) in [5.74, 6) is -5.00. The Bertz CT molecular complexity index is 2020. The van der Waals surface area contributed by atoms with E-state index in [1.807, 2.05) is 0 Å². The van der Waals surface area contributed by atoms with Gasteiger partial charge in [-0.05, 0) is 69.0 Å². The van der Waals surface area contributed by atoms with Gasteiger partial charge in [0.2, 0.25) is 5.91 Å². The van der Waals surface area contributed by atoms with Crippen LogP contribution in [0, 0.1) is 13.8 Å². The highest BCUT2D eigenvalue weighted by Crippen LogP contribution is 2.39. The van der Waals surface area contributed by atoms with Crippen molar-refractivity contribution in [3.8, 4) is 5.75 Å². The van der Waals surface area contributed by atoms with E-state index in [2.05, 4.69) is 16.0 Å². The van der Waals surface area contributed by atoms with Crippen LogP contribution in [-0.2, 0) is 63.7 Å². The third kappa shape index (κ3) is 14.7. The molecule has 1 saturated heterocycles. The SMILES string of the molecule is COC(=O)[C@@]1(C/C=C/c2ccccc2CNC(=O)OC(C)(C)C)C[C@H](OC(C)=O)[C@@H](NC(C)=O)[C@@H]([C@H](OC(C)=O)[C@@H](CNC(=O)c2cc(C)c(OC(C)=O)c(C)c2)OC(C)=O)O1. The molecule has 0 bridgehead atoms. The van der Waals surface area contributed by atoms with Crippen LogP contribution in [0.3, 0.4) is 0 Å². The fraction of sp³-hybridized carbons (Fsp3) is 0.500. The Morgan fingerprint density at radius 2 is 1.50 bits per heavy atom. The summed E-state index contributed by atoms with van der Waals surface area (Å²) in [7, 11) is 1.12. The van der Waals surface area contributed by atoms with Crippen LogP contribution in [0.15, 0.2) is 42.5 Å². The highest BCUT2D eigenvalue weighted by molar-refractivity contribution is 5.95. The van der Waals surface area contributed by atoms with Crippen molar-refractivity contribution < 1.29 is 71.5 Å². The maximum absolute atomic E-state index is 13.9. The van der Waals surface area contributed by atoms with Crippen LogP contribution >= 0.6 is 0 Å². The van der Waals surface area contributed by atoms with Gasteiger partial charge < -0.3 is 49.1 Å². The van der Waals surface area contributed by atoms with Gasteiger partial charge in [-0.1, -0.05) is 36.4 Å². The second-order valence-electron chi connectivity index (χ2n) is 15.8. The average Bonchev–Trinajstić information content (AvgIpc) is 3.15. The molecule has 6 atom stereocenters. The van der Waals surface area contributed by atoms with Crippen molar-refractivity contribution in [3.05, 3.63) is 70.3 Å². The van der Waals surface area contributed by atoms with Crippen LogP contribution < -0.4 is 20.7 Å². The molecule has 0 unspecified atom stereocenters. The number of ether oxygens (including phenoxy) is 7. The molecule has 18 nitrogen and oxygen atoms in total. The second kappa shape index (κ2) is 22.0. The Labute approximate surface area is 360 Å². The topological polar surface area (TPSA) is 237 Å². The number of alkyl carbamates (subject to hydrolysis) is 1. The molecule has 0 radical (unpaired) electrons. The number of hydrogen-bond donors (Lipinski definition) is 3. The molecule has 338 valence electrons. The quantitative estimate of drug-likeness (QED) is 0.122. The number of amides is 3. The molecule has 2 aromatic rings. The van der Waals surface area contributed by atoms with Crippen molar-refractivity contribution in [1.82, 2.24) is 16.0 Å². The molecule has 1 aliphatic rings. The zero-order valence-electron chi connectivity index (χ0n) is 37.0. The Kier molecular flexibility index (Phi) is 17.8. The third-order valence-corrected chi connectivity index (χ3v) is 9.26. The molecule has 1 aliphatic heterocycles. The summed E-state index contributed by atoms with van der Waals surface area (Å²) < 4.78 is 39.6. The predicted octanol–water partition coefficient (Wildman–Crippen LogP) is 4.09. The Morgan fingerprint density at radius 3 is 2.05 bits per heavy atom. The summed E-state index contributed by atoms with van der Waals surface area (Å²) in [5.41, 5.74) is -0.237. The van der Waals surface area contributed by atoms with Crippen LogP contribution in [0.5, 0.6) is 5.75 Å². The smallest absolute Gasteiger partial charge is 0.407 e. The van der Waals surface area contributed by atoms with Crippen LogP contribution in [-0.4, -0.2) is 103 Å². The maximum Gasteiger partial charge on any atom is 0.407 e. The Balaban J connectivity index is 2.11. The number of rotatable bonds is 16. The fourth-order valence-electron chi connectivity index (χ4n) is 6.97. The lowest BCUT2D eigenvalue weighted by molar-refractivity contribution is -0.239. The molecule has 0 saturated carbocycles. The highest BCUT2D eigenvalue weighted by atomic mass is 16.6. The third-order valence-electron chi connectivity index (χ3n) is 9.26. The van der Waals surface area contributed by atoms with E-state index in [9.17, 15) is 38.4 Å². The van der Waals surface area contributed by atoms with Crippen molar-refractivity contribution in [1.29, 1.82) is 0 Å². The van der Waals surface area contributed by atoms with E-state index in [0.717, 1.165) is 27.9 Å². The van der Waals surface area contributed by atoms with Crippen LogP contribution in [0.4, 0.5) is 4.79 Å². The number of benzene rings is 2. The molecule has 0 spiro atoms. The molecule has 0 aliphatic carbocycles. The van der Waals surface area contributed by atoms with Gasteiger partial charge in [0.15, 0.2) is 17.8 Å². The van der Waals surface area contributed by atoms with Gasteiger partial charge in [-0.2, -0.15) is 0 Å². The molecule has 1 fully saturated rings. The number of carbonyl (C=O) groups excluding carboxylic acids is 8. The highest BCUT2D eigenvalue weighted by Gasteiger charge is 2.57. The molecular formula is C44H57N3O15. The number of carbonyl (C=O) groups is 8. The predicted molar refractivity (Wildman–Crippen MR) is 221 cm³/mol. The molecule has 1 heterocycles. The molecule has 3 amide bonds. The van der Waals surface area contributed by atoms with E-state index in [1.54, 1.807) is 71.0 Å². The lowest BCUT2D eigenvalue weighted by Crippen LogP contribution is -2.68. The van der Waals surface area contributed by atoms with Crippen molar-refractivity contribution in [2.75, 3.05) is 13.7 Å². The van der Waals surface area contributed by atoms with Crippen molar-refractivity contribution in [2.24, 2.45) is 0 Å². The molecular weight excluding hydrogens is 810 g/mol. The number of hydrogen-bond acceptors (Lipinski definition) is 15. The van der Waals surface area contributed by atoms with E-state index in [4.69, 9.17) is 33.2 Å². The van der Waals surface area contributed by atoms with Crippen molar-refractivity contribution in [2.45, 2.75) is 130 Å². The molecule has 2 aromatic carbocycles. The van der Waals surface area contributed by atoms with Gasteiger partial charge in [-0.25, -0.2) is 9.59 Å². The number of methoxy groups -OCH3 is 1. The van der Waals surface area contributed by atoms with Crippen molar-refractivity contribution >= 4 is 53.8 Å². The summed E-state index contributed by atoms with van der Waals surface area (Å²) in [6, 6.07) is 8.76. The second-order valence-corrected chi connectivity index (χ2v) is 15.8. The lowest BCUT2D eigenvalue weighted by Gasteiger charge is -2.49. The van der Waals surface area contributed by atoms with Crippen molar-refractivity contribution in [3.63, 3.8) is 0 Å². The van der Waals surface area contributed by atoms with Gasteiger partial charge in [-0.15, -0.1) is 0 Å². The van der Waals surface area contributed by atoms with Gasteiger partial charge in [0, 0.05) is 59.6 Å². The molecule has 3 rings (SSSR count). The molecule has 3 N–H and O–H groups in total. The molecule has 18 heteroatoms. The molecule has 62 heavy (non-hydrogen) atoms. The van der Waals surface area contributed by atoms with Gasteiger partial charge >= 0.3 is 35.9 Å². The number of aryl methyl sites for hydroxylation is 2. The molecule has 0 aromatic heterocycles. The van der Waals surface area contributed by atoms with E-state index in [1.165, 1.54) is 26.0 Å². The van der Waals surface area contributed by atoms with Crippen LogP contribution in [0.2, 0.25) is 0 Å². The fourth-order valence-corrected chi connectivity index (χ4v) is 6.97. The van der Waals surface area contributed by atoms with E-state index < -0.39 is 96.0 Å². The number of esters is 5. The minimum absolute atomic E-state index is 0.0972. The summed E-state index contributed by atoms with van der Waals surface area (Å²) in [4.78, 5) is 102. The largest absolute Gasteiger partial charge is 0.467 e. The first-order valence-corrected chi connectivity index (χ1v) is 19.8. The lowest BCUT2D eigenvalue weighted by atomic mass is 9.81. The minimum atomic E-state index is -1.99. The summed E-state index contributed by atoms with van der Waals surface area (Å²) in [6.45, 7) is 13.8. The van der Waals surface area contributed by atoms with Gasteiger partial charge in [0.25, 0.3) is 5.91 Å². The number of nitrogens with one attached hydrogen (secondary N) is 3. The summed E-state index contributed by atoms with van der Waals surface area (Å²) in [6.07, 6.45) is -4.07. The van der Waals surface area contributed by atoms with Gasteiger partial charge in [0.05, 0.1) is 19.7 Å². The first kappa shape index (κ1) is 50.1. The summed E-state index contributed by atoms with van der Waals surface area (Å²) in [5, 5.41) is 8.07. The normalized spacial score (nSPS) is 19.5. The van der Waals surface area contributed by atoms with Crippen LogP contribution in [0.1, 0.15) is 101 Å².